The SMILES string of the molecule is c1cc2cc(-n3cc(CNCC4CC4)nn3)ccc2s1. The molecule has 20 heavy (non-hydrogen) atoms. The molecule has 2 aromatic heterocycles. The highest BCUT2D eigenvalue weighted by atomic mass is 32.1. The Morgan fingerprint density at radius 2 is 2.25 bits per heavy atom. The van der Waals surface area contributed by atoms with Crippen LogP contribution in [0.15, 0.2) is 35.8 Å². The largest absolute Gasteiger partial charge is 0.311 e. The Morgan fingerprint density at radius 1 is 1.30 bits per heavy atom. The predicted molar refractivity (Wildman–Crippen MR) is 81.2 cm³/mol. The van der Waals surface area contributed by atoms with Crippen LogP contribution in [0.5, 0.6) is 0 Å². The molecule has 102 valence electrons. The molecule has 0 radical (unpaired) electrons. The van der Waals surface area contributed by atoms with Gasteiger partial charge in [-0.2, -0.15) is 0 Å². The topological polar surface area (TPSA) is 42.7 Å². The zero-order chi connectivity index (χ0) is 13.4. The summed E-state index contributed by atoms with van der Waals surface area (Å²) in [6, 6.07) is 8.53. The molecule has 0 aliphatic heterocycles. The Balaban J connectivity index is 1.50. The summed E-state index contributed by atoms with van der Waals surface area (Å²) in [4.78, 5) is 0. The molecule has 3 aromatic rings. The van der Waals surface area contributed by atoms with Crippen LogP contribution in [-0.4, -0.2) is 21.5 Å². The van der Waals surface area contributed by atoms with Crippen LogP contribution >= 0.6 is 11.3 Å². The van der Waals surface area contributed by atoms with Crippen molar-refractivity contribution in [2.75, 3.05) is 6.54 Å². The molecule has 4 nitrogen and oxygen atoms in total. The van der Waals surface area contributed by atoms with E-state index >= 15 is 0 Å². The molecule has 5 heteroatoms. The van der Waals surface area contributed by atoms with Crippen LogP contribution in [-0.2, 0) is 6.54 Å². The van der Waals surface area contributed by atoms with E-state index in [1.807, 2.05) is 10.9 Å². The first-order valence-electron chi connectivity index (χ1n) is 6.98. The zero-order valence-electron chi connectivity index (χ0n) is 11.1. The summed E-state index contributed by atoms with van der Waals surface area (Å²) < 4.78 is 3.16. The fourth-order valence-corrected chi connectivity index (χ4v) is 3.10. The first-order valence-corrected chi connectivity index (χ1v) is 7.86. The minimum atomic E-state index is 0.803. The Bertz CT molecular complexity index is 726. The highest BCUT2D eigenvalue weighted by Crippen LogP contribution is 2.27. The molecule has 1 aliphatic rings. The second-order valence-electron chi connectivity index (χ2n) is 5.37. The van der Waals surface area contributed by atoms with Gasteiger partial charge in [0.25, 0.3) is 0 Å². The van der Waals surface area contributed by atoms with Crippen molar-refractivity contribution in [1.82, 2.24) is 20.3 Å². The normalized spacial score (nSPS) is 15.0. The number of fused-ring (bicyclic) bond motifs is 1. The Hall–Kier alpha value is -1.72. The molecular formula is C15H16N4S. The third-order valence-corrected chi connectivity index (χ3v) is 4.58. The Labute approximate surface area is 121 Å². The molecule has 0 spiro atoms. The van der Waals surface area contributed by atoms with E-state index in [1.165, 1.54) is 22.9 Å². The lowest BCUT2D eigenvalue weighted by Crippen LogP contribution is -2.16. The summed E-state index contributed by atoms with van der Waals surface area (Å²) in [5.41, 5.74) is 2.06. The smallest absolute Gasteiger partial charge is 0.0969 e. The zero-order valence-corrected chi connectivity index (χ0v) is 11.9. The molecule has 0 atom stereocenters. The van der Waals surface area contributed by atoms with Crippen molar-refractivity contribution in [2.45, 2.75) is 19.4 Å². The molecule has 1 fully saturated rings. The second kappa shape index (κ2) is 5.00. The number of benzene rings is 1. The highest BCUT2D eigenvalue weighted by Gasteiger charge is 2.20. The lowest BCUT2D eigenvalue weighted by atomic mass is 10.2. The molecule has 1 aliphatic carbocycles. The van der Waals surface area contributed by atoms with Gasteiger partial charge in [-0.3, -0.25) is 0 Å². The molecule has 4 rings (SSSR count). The maximum atomic E-state index is 4.23. The Morgan fingerprint density at radius 3 is 3.15 bits per heavy atom. The van der Waals surface area contributed by atoms with Crippen molar-refractivity contribution in [3.63, 3.8) is 0 Å². The van der Waals surface area contributed by atoms with Crippen LogP contribution in [0.2, 0.25) is 0 Å². The molecule has 0 bridgehead atoms. The minimum absolute atomic E-state index is 0.803. The predicted octanol–water partition coefficient (Wildman–Crippen LogP) is 2.98. The molecule has 0 unspecified atom stereocenters. The van der Waals surface area contributed by atoms with Crippen LogP contribution in [0, 0.1) is 5.92 Å². The number of hydrogen-bond acceptors (Lipinski definition) is 4. The van der Waals surface area contributed by atoms with E-state index in [-0.39, 0.29) is 0 Å². The van der Waals surface area contributed by atoms with Gasteiger partial charge in [0.05, 0.1) is 17.6 Å². The van der Waals surface area contributed by atoms with Crippen molar-refractivity contribution in [3.05, 3.63) is 41.5 Å². The number of rotatable bonds is 5. The van der Waals surface area contributed by atoms with Crippen molar-refractivity contribution >= 4 is 21.4 Å². The van der Waals surface area contributed by atoms with Gasteiger partial charge in [0.2, 0.25) is 0 Å². The molecular weight excluding hydrogens is 268 g/mol. The standard InChI is InChI=1S/C15H16N4S/c1-2-11(1)8-16-9-13-10-19(18-17-13)14-3-4-15-12(7-14)5-6-20-15/h3-7,10-11,16H,1-2,8-9H2. The maximum absolute atomic E-state index is 4.23. The summed E-state index contributed by atoms with van der Waals surface area (Å²) in [7, 11) is 0. The van der Waals surface area contributed by atoms with Crippen molar-refractivity contribution in [2.24, 2.45) is 5.92 Å². The quantitative estimate of drug-likeness (QED) is 0.783. The van der Waals surface area contributed by atoms with Gasteiger partial charge in [-0.15, -0.1) is 16.4 Å². The van der Waals surface area contributed by atoms with Crippen LogP contribution in [0.4, 0.5) is 0 Å². The first-order chi connectivity index (χ1) is 9.88. The van der Waals surface area contributed by atoms with E-state index in [0.29, 0.717) is 0 Å². The molecule has 2 heterocycles. The van der Waals surface area contributed by atoms with Gasteiger partial charge in [0, 0.05) is 11.2 Å². The number of aromatic nitrogens is 3. The summed E-state index contributed by atoms with van der Waals surface area (Å²) in [6.07, 6.45) is 4.76. The van der Waals surface area contributed by atoms with Gasteiger partial charge in [-0.25, -0.2) is 4.68 Å². The van der Waals surface area contributed by atoms with E-state index in [2.05, 4.69) is 45.3 Å². The lowest BCUT2D eigenvalue weighted by molar-refractivity contribution is 0.628. The lowest BCUT2D eigenvalue weighted by Gasteiger charge is -2.00. The van der Waals surface area contributed by atoms with Gasteiger partial charge < -0.3 is 5.32 Å². The van der Waals surface area contributed by atoms with Gasteiger partial charge in [0.15, 0.2) is 0 Å². The third kappa shape index (κ3) is 2.46. The van der Waals surface area contributed by atoms with Crippen LogP contribution in [0.25, 0.3) is 15.8 Å². The monoisotopic (exact) mass is 284 g/mol. The van der Waals surface area contributed by atoms with E-state index in [9.17, 15) is 0 Å². The number of nitrogens with one attached hydrogen (secondary N) is 1. The van der Waals surface area contributed by atoms with E-state index in [4.69, 9.17) is 0 Å². The van der Waals surface area contributed by atoms with Crippen LogP contribution < -0.4 is 5.32 Å². The van der Waals surface area contributed by atoms with Gasteiger partial charge in [0.1, 0.15) is 0 Å². The first kappa shape index (κ1) is 12.1. The third-order valence-electron chi connectivity index (χ3n) is 3.68. The molecule has 0 amide bonds. The summed E-state index contributed by atoms with van der Waals surface area (Å²) in [5.74, 6) is 0.894. The molecule has 0 saturated heterocycles. The Kier molecular flexibility index (Phi) is 3.01. The van der Waals surface area contributed by atoms with Crippen LogP contribution in [0.1, 0.15) is 18.5 Å². The van der Waals surface area contributed by atoms with Gasteiger partial charge in [-0.1, -0.05) is 5.21 Å². The summed E-state index contributed by atoms with van der Waals surface area (Å²) >= 11 is 1.76. The van der Waals surface area contributed by atoms with E-state index < -0.39 is 0 Å². The van der Waals surface area contributed by atoms with Crippen molar-refractivity contribution < 1.29 is 0 Å². The fraction of sp³-hybridized carbons (Fsp3) is 0.333. The maximum Gasteiger partial charge on any atom is 0.0969 e. The van der Waals surface area contributed by atoms with Crippen LogP contribution in [0.3, 0.4) is 0 Å². The molecule has 1 N–H and O–H groups in total. The molecule has 1 aromatic carbocycles. The fourth-order valence-electron chi connectivity index (χ4n) is 2.33. The number of thiophene rings is 1. The minimum Gasteiger partial charge on any atom is -0.311 e. The molecule has 1 saturated carbocycles. The average Bonchev–Trinajstić information content (AvgIpc) is 2.99. The van der Waals surface area contributed by atoms with Gasteiger partial charge >= 0.3 is 0 Å². The number of hydrogen-bond donors (Lipinski definition) is 1. The summed E-state index contributed by atoms with van der Waals surface area (Å²) in [6.45, 7) is 1.91. The van der Waals surface area contributed by atoms with Crippen molar-refractivity contribution in [1.29, 1.82) is 0 Å². The van der Waals surface area contributed by atoms with Crippen molar-refractivity contribution in [3.8, 4) is 5.69 Å². The second-order valence-corrected chi connectivity index (χ2v) is 6.32. The summed E-state index contributed by atoms with van der Waals surface area (Å²) in [5, 5.41) is 15.3. The van der Waals surface area contributed by atoms with E-state index in [0.717, 1.165) is 30.4 Å². The van der Waals surface area contributed by atoms with Gasteiger partial charge in [-0.05, 0) is 60.3 Å². The average molecular weight is 284 g/mol. The van der Waals surface area contributed by atoms with E-state index in [1.54, 1.807) is 11.3 Å². The highest BCUT2D eigenvalue weighted by molar-refractivity contribution is 7.17. The number of nitrogens with zero attached hydrogens (tertiary/aromatic N) is 3.